The predicted octanol–water partition coefficient (Wildman–Crippen LogP) is 0.196. The van der Waals surface area contributed by atoms with E-state index < -0.39 is 23.7 Å². The van der Waals surface area contributed by atoms with Crippen molar-refractivity contribution < 1.29 is 18.8 Å². The first-order valence-corrected chi connectivity index (χ1v) is 6.55. The Morgan fingerprint density at radius 2 is 1.86 bits per heavy atom. The van der Waals surface area contributed by atoms with Gasteiger partial charge in [0.2, 0.25) is 11.8 Å². The van der Waals surface area contributed by atoms with Gasteiger partial charge in [0.1, 0.15) is 11.9 Å². The fourth-order valence-electron chi connectivity index (χ4n) is 1.59. The molecule has 0 radical (unpaired) electrons. The van der Waals surface area contributed by atoms with E-state index in [0.717, 1.165) is 6.07 Å². The molecule has 0 saturated carbocycles. The van der Waals surface area contributed by atoms with Gasteiger partial charge in [0.25, 0.3) is 5.91 Å². The second kappa shape index (κ2) is 7.98. The molecule has 3 N–H and O–H groups in total. The number of hydrogen-bond donors (Lipinski definition) is 3. The Bertz CT molecular complexity index is 534. The molecular weight excluding hydrogens is 277 g/mol. The van der Waals surface area contributed by atoms with Crippen molar-refractivity contribution in [1.82, 2.24) is 16.0 Å². The van der Waals surface area contributed by atoms with E-state index in [4.69, 9.17) is 0 Å². The number of halogens is 1. The van der Waals surface area contributed by atoms with Gasteiger partial charge in [-0.3, -0.25) is 14.4 Å². The van der Waals surface area contributed by atoms with E-state index in [1.165, 1.54) is 25.1 Å². The summed E-state index contributed by atoms with van der Waals surface area (Å²) < 4.78 is 13.4. The largest absolute Gasteiger partial charge is 0.355 e. The monoisotopic (exact) mass is 295 g/mol. The van der Waals surface area contributed by atoms with Crippen LogP contribution in [0.3, 0.4) is 0 Å². The molecule has 3 amide bonds. The molecule has 0 aliphatic heterocycles. The van der Waals surface area contributed by atoms with Gasteiger partial charge in [0.15, 0.2) is 0 Å². The van der Waals surface area contributed by atoms with Crippen molar-refractivity contribution in [3.63, 3.8) is 0 Å². The van der Waals surface area contributed by atoms with Crippen molar-refractivity contribution in [2.45, 2.75) is 19.9 Å². The molecule has 7 heteroatoms. The predicted molar refractivity (Wildman–Crippen MR) is 75.0 cm³/mol. The van der Waals surface area contributed by atoms with Crippen molar-refractivity contribution in [3.05, 3.63) is 35.6 Å². The molecule has 0 saturated heterocycles. The number of amides is 3. The molecule has 0 aliphatic rings. The lowest BCUT2D eigenvalue weighted by Crippen LogP contribution is -2.47. The number of hydrogen-bond acceptors (Lipinski definition) is 3. The van der Waals surface area contributed by atoms with Crippen LogP contribution in [0.25, 0.3) is 0 Å². The molecule has 1 aromatic rings. The van der Waals surface area contributed by atoms with Crippen LogP contribution in [0.4, 0.5) is 4.39 Å². The average molecular weight is 295 g/mol. The third-order valence-corrected chi connectivity index (χ3v) is 2.65. The van der Waals surface area contributed by atoms with E-state index in [9.17, 15) is 18.8 Å². The van der Waals surface area contributed by atoms with Crippen LogP contribution in [0.1, 0.15) is 24.2 Å². The maximum Gasteiger partial charge on any atom is 0.254 e. The van der Waals surface area contributed by atoms with Crippen LogP contribution in [-0.4, -0.2) is 36.9 Å². The van der Waals surface area contributed by atoms with E-state index in [1.807, 2.05) is 0 Å². The highest BCUT2D eigenvalue weighted by molar-refractivity contribution is 5.97. The average Bonchev–Trinajstić information content (AvgIpc) is 2.45. The SMILES string of the molecule is CCNC(=O)[C@@H](C)NC(=O)CNC(=O)c1ccccc1F. The highest BCUT2D eigenvalue weighted by Crippen LogP contribution is 2.05. The number of rotatable bonds is 6. The minimum absolute atomic E-state index is 0.137. The minimum Gasteiger partial charge on any atom is -0.355 e. The lowest BCUT2D eigenvalue weighted by Gasteiger charge is -2.13. The van der Waals surface area contributed by atoms with Crippen molar-refractivity contribution in [3.8, 4) is 0 Å². The second-order valence-electron chi connectivity index (χ2n) is 4.35. The number of likely N-dealkylation sites (N-methyl/N-ethyl adjacent to an activating group) is 1. The fourth-order valence-corrected chi connectivity index (χ4v) is 1.59. The Balaban J connectivity index is 2.45. The van der Waals surface area contributed by atoms with Crippen LogP contribution in [0, 0.1) is 5.82 Å². The molecule has 0 aromatic heterocycles. The topological polar surface area (TPSA) is 87.3 Å². The summed E-state index contributed by atoms with van der Waals surface area (Å²) in [5.74, 6) is -2.19. The molecule has 0 fully saturated rings. The third-order valence-electron chi connectivity index (χ3n) is 2.65. The van der Waals surface area contributed by atoms with Gasteiger partial charge in [0.05, 0.1) is 12.1 Å². The van der Waals surface area contributed by atoms with Crippen LogP contribution in [0.15, 0.2) is 24.3 Å². The van der Waals surface area contributed by atoms with Crippen molar-refractivity contribution in [2.24, 2.45) is 0 Å². The highest BCUT2D eigenvalue weighted by Gasteiger charge is 2.16. The summed E-state index contributed by atoms with van der Waals surface area (Å²) in [6, 6.07) is 4.76. The first-order chi connectivity index (χ1) is 9.95. The Kier molecular flexibility index (Phi) is 6.32. The maximum absolute atomic E-state index is 13.4. The zero-order valence-electron chi connectivity index (χ0n) is 11.9. The normalized spacial score (nSPS) is 11.4. The van der Waals surface area contributed by atoms with Crippen LogP contribution in [0.2, 0.25) is 0 Å². The van der Waals surface area contributed by atoms with E-state index in [-0.39, 0.29) is 18.0 Å². The minimum atomic E-state index is -0.706. The van der Waals surface area contributed by atoms with Gasteiger partial charge in [-0.1, -0.05) is 12.1 Å². The molecule has 6 nitrogen and oxygen atoms in total. The number of carbonyl (C=O) groups is 3. The molecule has 1 aromatic carbocycles. The van der Waals surface area contributed by atoms with Crippen LogP contribution >= 0.6 is 0 Å². The summed E-state index contributed by atoms with van der Waals surface area (Å²) in [7, 11) is 0. The summed E-state index contributed by atoms with van der Waals surface area (Å²) in [5, 5.41) is 7.28. The maximum atomic E-state index is 13.4. The summed E-state index contributed by atoms with van der Waals surface area (Å²) in [6.45, 7) is 3.42. The highest BCUT2D eigenvalue weighted by atomic mass is 19.1. The quantitative estimate of drug-likeness (QED) is 0.700. The molecule has 0 spiro atoms. The molecule has 0 unspecified atom stereocenters. The summed E-state index contributed by atoms with van der Waals surface area (Å²) in [4.78, 5) is 34.7. The number of benzene rings is 1. The van der Waals surface area contributed by atoms with Crippen molar-refractivity contribution >= 4 is 17.7 Å². The lowest BCUT2D eigenvalue weighted by molar-refractivity contribution is -0.128. The van der Waals surface area contributed by atoms with Crippen LogP contribution < -0.4 is 16.0 Å². The molecular formula is C14H18FN3O3. The third kappa shape index (κ3) is 5.21. The van der Waals surface area contributed by atoms with Gasteiger partial charge in [-0.05, 0) is 26.0 Å². The van der Waals surface area contributed by atoms with Crippen molar-refractivity contribution in [1.29, 1.82) is 0 Å². The molecule has 1 atom stereocenters. The molecule has 21 heavy (non-hydrogen) atoms. The Labute approximate surface area is 122 Å². The van der Waals surface area contributed by atoms with Gasteiger partial charge < -0.3 is 16.0 Å². The van der Waals surface area contributed by atoms with Gasteiger partial charge in [-0.2, -0.15) is 0 Å². The first kappa shape index (κ1) is 16.6. The van der Waals surface area contributed by atoms with Gasteiger partial charge in [0, 0.05) is 6.54 Å². The smallest absolute Gasteiger partial charge is 0.254 e. The molecule has 114 valence electrons. The molecule has 1 rings (SSSR count). The molecule has 0 bridgehead atoms. The first-order valence-electron chi connectivity index (χ1n) is 6.55. The zero-order chi connectivity index (χ0) is 15.8. The fraction of sp³-hybridized carbons (Fsp3) is 0.357. The van der Waals surface area contributed by atoms with Crippen LogP contribution in [0.5, 0.6) is 0 Å². The summed E-state index contributed by atoms with van der Waals surface area (Å²) >= 11 is 0. The zero-order valence-corrected chi connectivity index (χ0v) is 11.9. The molecule has 0 heterocycles. The second-order valence-corrected chi connectivity index (χ2v) is 4.35. The summed E-state index contributed by atoms with van der Waals surface area (Å²) in [6.07, 6.45) is 0. The van der Waals surface area contributed by atoms with E-state index >= 15 is 0 Å². The van der Waals surface area contributed by atoms with E-state index in [1.54, 1.807) is 6.92 Å². The Morgan fingerprint density at radius 1 is 1.19 bits per heavy atom. The number of nitrogens with one attached hydrogen (secondary N) is 3. The van der Waals surface area contributed by atoms with Crippen molar-refractivity contribution in [2.75, 3.05) is 13.1 Å². The van der Waals surface area contributed by atoms with Gasteiger partial charge in [-0.15, -0.1) is 0 Å². The standard InChI is InChI=1S/C14H18FN3O3/c1-3-16-13(20)9(2)18-12(19)8-17-14(21)10-6-4-5-7-11(10)15/h4-7,9H,3,8H2,1-2H3,(H,16,20)(H,17,21)(H,18,19)/t9-/m1/s1. The van der Waals surface area contributed by atoms with Crippen LogP contribution in [-0.2, 0) is 9.59 Å². The molecule has 0 aliphatic carbocycles. The van der Waals surface area contributed by atoms with Gasteiger partial charge in [-0.25, -0.2) is 4.39 Å². The van der Waals surface area contributed by atoms with E-state index in [0.29, 0.717) is 6.54 Å². The Hall–Kier alpha value is -2.44. The Morgan fingerprint density at radius 3 is 2.48 bits per heavy atom. The number of carbonyl (C=O) groups excluding carboxylic acids is 3. The van der Waals surface area contributed by atoms with E-state index in [2.05, 4.69) is 16.0 Å². The lowest BCUT2D eigenvalue weighted by atomic mass is 10.2. The van der Waals surface area contributed by atoms with Gasteiger partial charge >= 0.3 is 0 Å². The summed E-state index contributed by atoms with van der Waals surface area (Å²) in [5.41, 5.74) is -0.137.